The standard InChI is InChI=1S/C31H15F11N2O3.C18H15OP.Eu/c32-15-8-16(33)11-21(10-15)43(22-12-17(34)9-18(35)13-22)20-6-7-23-24(14-20)44(19-4-2-1-3-5-19)28(47)25(26(23)45)27(46)29(36,37)30(38,39)31(40,41)42;19-20(16-10-4-1-5-11-16,17-12-6-2-7-13-17)18-14-8-3-9-15-18;/h1-14,45H;1-15H;. The van der Waals surface area contributed by atoms with E-state index in [2.05, 4.69) is 0 Å². The molecule has 0 saturated carbocycles. The molecule has 0 aliphatic heterocycles. The maximum Gasteiger partial charge on any atom is 0.460 e. The minimum atomic E-state index is -6.96. The van der Waals surface area contributed by atoms with Crippen molar-refractivity contribution in [3.63, 3.8) is 0 Å². The van der Waals surface area contributed by atoms with Crippen molar-refractivity contribution >= 4 is 56.8 Å². The van der Waals surface area contributed by atoms with Crippen molar-refractivity contribution in [1.29, 1.82) is 0 Å². The van der Waals surface area contributed by atoms with Gasteiger partial charge in [-0.3, -0.25) is 14.2 Å². The average molecular weight is 1100 g/mol. The summed E-state index contributed by atoms with van der Waals surface area (Å²) in [7, 11) is -2.78. The first-order valence-corrected chi connectivity index (χ1v) is 21.2. The molecule has 0 saturated heterocycles. The third-order valence-corrected chi connectivity index (χ3v) is 13.3. The summed E-state index contributed by atoms with van der Waals surface area (Å²) in [5.41, 5.74) is -5.89. The number of ketones is 1. The van der Waals surface area contributed by atoms with Gasteiger partial charge >= 0.3 is 18.0 Å². The van der Waals surface area contributed by atoms with Gasteiger partial charge in [0, 0.05) is 94.2 Å². The van der Waals surface area contributed by atoms with Gasteiger partial charge in [-0.15, -0.1) is 0 Å². The molecule has 19 heteroatoms. The molecule has 1 radical (unpaired) electrons. The SMILES string of the molecule is O=C(c1c(O)c2ccc(N(c3cc(F)cc(F)c3)c3cc(F)cc(F)c3)cc2n(-c2ccccc2)c1=O)C(F)(F)C(F)(F)C(F)(F)F.O=P(c1ccccc1)(c1ccccc1)c1ccccc1.[Eu]. The summed E-state index contributed by atoms with van der Waals surface area (Å²) < 4.78 is 167. The van der Waals surface area contributed by atoms with E-state index < -0.39 is 82.0 Å². The molecule has 68 heavy (non-hydrogen) atoms. The molecule has 0 aliphatic rings. The van der Waals surface area contributed by atoms with Crippen molar-refractivity contribution in [3.05, 3.63) is 215 Å². The number of pyridine rings is 1. The van der Waals surface area contributed by atoms with Gasteiger partial charge in [0.25, 0.3) is 5.56 Å². The van der Waals surface area contributed by atoms with Crippen LogP contribution in [0.5, 0.6) is 5.75 Å². The summed E-state index contributed by atoms with van der Waals surface area (Å²) in [4.78, 5) is 27.1. The number of anilines is 3. The molecule has 1 aromatic heterocycles. The molecule has 0 atom stereocenters. The van der Waals surface area contributed by atoms with Crippen LogP contribution in [0, 0.1) is 72.6 Å². The van der Waals surface area contributed by atoms with Gasteiger partial charge in [0.15, 0.2) is 7.14 Å². The van der Waals surface area contributed by atoms with Crippen LogP contribution < -0.4 is 26.4 Å². The molecule has 0 unspecified atom stereocenters. The van der Waals surface area contributed by atoms with E-state index >= 15 is 0 Å². The van der Waals surface area contributed by atoms with Crippen molar-refractivity contribution < 1.29 is 112 Å². The van der Waals surface area contributed by atoms with Crippen molar-refractivity contribution in [1.82, 2.24) is 4.57 Å². The van der Waals surface area contributed by atoms with Crippen LogP contribution in [0.1, 0.15) is 10.4 Å². The number of rotatable bonds is 10. The number of para-hydroxylation sites is 1. The molecule has 8 aromatic rings. The number of benzene rings is 7. The molecule has 349 valence electrons. The van der Waals surface area contributed by atoms with E-state index in [1.165, 1.54) is 18.2 Å². The number of nitrogens with zero attached hydrogens (tertiary/aromatic N) is 2. The third-order valence-electron chi connectivity index (χ3n) is 10.2. The van der Waals surface area contributed by atoms with Crippen LogP contribution in [0.25, 0.3) is 16.6 Å². The average Bonchev–Trinajstić information content (AvgIpc) is 3.29. The molecule has 1 heterocycles. The van der Waals surface area contributed by atoms with E-state index in [1.54, 1.807) is 0 Å². The van der Waals surface area contributed by atoms with Crippen LogP contribution in [0.2, 0.25) is 0 Å². The fraction of sp³-hybridized carbons (Fsp3) is 0.0612. The van der Waals surface area contributed by atoms with Crippen LogP contribution in [0.4, 0.5) is 65.4 Å². The minimum Gasteiger partial charge on any atom is -0.506 e. The summed E-state index contributed by atoms with van der Waals surface area (Å²) in [6.07, 6.45) is -6.94. The minimum absolute atomic E-state index is 0. The maximum atomic E-state index is 14.5. The van der Waals surface area contributed by atoms with E-state index in [0.717, 1.165) is 75.4 Å². The Morgan fingerprint density at radius 2 is 0.912 bits per heavy atom. The van der Waals surface area contributed by atoms with Gasteiger partial charge in [-0.2, -0.15) is 30.7 Å². The maximum absolute atomic E-state index is 14.5. The first-order valence-electron chi connectivity index (χ1n) is 19.5. The number of alkyl halides is 7. The number of Topliss-reactive ketones (excluding diaryl/α,β-unsaturated/α-hetero) is 1. The Kier molecular flexibility index (Phi) is 15.4. The molecule has 0 aliphatic carbocycles. The molecule has 7 aromatic carbocycles. The number of halogens is 11. The normalized spacial score (nSPS) is 11.9. The van der Waals surface area contributed by atoms with Crippen molar-refractivity contribution in [3.8, 4) is 11.4 Å². The van der Waals surface area contributed by atoms with Crippen molar-refractivity contribution in [2.75, 3.05) is 4.90 Å². The molecule has 0 bridgehead atoms. The summed E-state index contributed by atoms with van der Waals surface area (Å²) in [5.74, 6) is -23.1. The van der Waals surface area contributed by atoms with Crippen LogP contribution in [0.3, 0.4) is 0 Å². The zero-order valence-corrected chi connectivity index (χ0v) is 37.6. The van der Waals surface area contributed by atoms with Gasteiger partial charge in [-0.1, -0.05) is 109 Å². The van der Waals surface area contributed by atoms with Crippen LogP contribution in [-0.4, -0.2) is 33.5 Å². The van der Waals surface area contributed by atoms with Crippen molar-refractivity contribution in [2.45, 2.75) is 18.0 Å². The number of hydrogen-bond acceptors (Lipinski definition) is 5. The quantitative estimate of drug-likeness (QED) is 0.0838. The van der Waals surface area contributed by atoms with E-state index in [4.69, 9.17) is 0 Å². The molecular weight excluding hydrogens is 1070 g/mol. The van der Waals surface area contributed by atoms with Gasteiger partial charge in [0.2, 0.25) is 5.78 Å². The third kappa shape index (κ3) is 9.96. The Morgan fingerprint density at radius 3 is 1.29 bits per heavy atom. The molecule has 0 fully saturated rings. The number of carbonyl (C=O) groups excluding carboxylic acids is 1. The summed E-state index contributed by atoms with van der Waals surface area (Å²) in [5, 5.41) is 12.7. The second-order valence-electron chi connectivity index (χ2n) is 14.6. The second kappa shape index (κ2) is 20.3. The fourth-order valence-corrected chi connectivity index (χ4v) is 9.83. The smallest absolute Gasteiger partial charge is 0.460 e. The first kappa shape index (κ1) is 51.5. The van der Waals surface area contributed by atoms with Gasteiger partial charge in [-0.05, 0) is 54.6 Å². The summed E-state index contributed by atoms with van der Waals surface area (Å²) in [6, 6.07) is 42.1. The number of hydrogen-bond donors (Lipinski definition) is 1. The van der Waals surface area contributed by atoms with Gasteiger partial charge in [-0.25, -0.2) is 17.6 Å². The van der Waals surface area contributed by atoms with Gasteiger partial charge in [0.1, 0.15) is 34.6 Å². The molecular formula is C49H30EuF11N2O4P. The zero-order valence-electron chi connectivity index (χ0n) is 34.3. The molecule has 6 nitrogen and oxygen atoms in total. The monoisotopic (exact) mass is 1100 g/mol. The Morgan fingerprint density at radius 1 is 0.529 bits per heavy atom. The van der Waals surface area contributed by atoms with Crippen LogP contribution in [-0.2, 0) is 4.57 Å². The topological polar surface area (TPSA) is 79.6 Å². The largest absolute Gasteiger partial charge is 0.506 e. The Bertz CT molecular complexity index is 3020. The Hall–Kier alpha value is -5.94. The molecule has 0 amide bonds. The number of carbonyl (C=O) groups is 1. The molecule has 0 spiro atoms. The van der Waals surface area contributed by atoms with E-state index in [-0.39, 0.29) is 72.1 Å². The molecule has 8 rings (SSSR count). The van der Waals surface area contributed by atoms with Crippen LogP contribution in [0.15, 0.2) is 181 Å². The molecule has 1 N–H and O–H groups in total. The zero-order chi connectivity index (χ0) is 48.5. The Balaban J connectivity index is 0.000000301. The first-order chi connectivity index (χ1) is 31.7. The predicted octanol–water partition coefficient (Wildman–Crippen LogP) is 12.1. The predicted molar refractivity (Wildman–Crippen MR) is 232 cm³/mol. The van der Waals surface area contributed by atoms with E-state index in [0.29, 0.717) is 16.7 Å². The Labute approximate surface area is 419 Å². The number of aromatic nitrogens is 1. The van der Waals surface area contributed by atoms with Gasteiger partial charge < -0.3 is 14.6 Å². The number of fused-ring (bicyclic) bond motifs is 1. The fourth-order valence-electron chi connectivity index (χ4n) is 7.16. The summed E-state index contributed by atoms with van der Waals surface area (Å²) in [6.45, 7) is 0. The van der Waals surface area contributed by atoms with E-state index in [1.807, 2.05) is 91.0 Å². The van der Waals surface area contributed by atoms with Crippen molar-refractivity contribution in [2.24, 2.45) is 0 Å². The number of aromatic hydroxyl groups is 1. The van der Waals surface area contributed by atoms with Gasteiger partial charge in [0.05, 0.1) is 16.9 Å². The second-order valence-corrected chi connectivity index (χ2v) is 17.4. The van der Waals surface area contributed by atoms with Crippen LogP contribution >= 0.6 is 7.14 Å². The summed E-state index contributed by atoms with van der Waals surface area (Å²) >= 11 is 0. The van der Waals surface area contributed by atoms with E-state index in [9.17, 15) is 67.6 Å².